The first kappa shape index (κ1) is 21.9. The normalized spacial score (nSPS) is 24.7. The minimum Gasteiger partial charge on any atom is -0.357 e. The van der Waals surface area contributed by atoms with Crippen LogP contribution in [0.25, 0.3) is 0 Å². The van der Waals surface area contributed by atoms with E-state index in [1.165, 1.54) is 12.8 Å². The lowest BCUT2D eigenvalue weighted by atomic mass is 9.85. The molecule has 0 bridgehead atoms. The van der Waals surface area contributed by atoms with E-state index < -0.39 is 0 Å². The van der Waals surface area contributed by atoms with Crippen molar-refractivity contribution >= 4 is 17.8 Å². The van der Waals surface area contributed by atoms with Crippen LogP contribution in [0.1, 0.15) is 64.7 Å². The second-order valence-electron chi connectivity index (χ2n) is 9.28. The van der Waals surface area contributed by atoms with Gasteiger partial charge in [-0.25, -0.2) is 0 Å². The summed E-state index contributed by atoms with van der Waals surface area (Å²) >= 11 is 0. The van der Waals surface area contributed by atoms with Crippen molar-refractivity contribution in [3.8, 4) is 0 Å². The summed E-state index contributed by atoms with van der Waals surface area (Å²) in [5.41, 5.74) is -0.355. The average Bonchev–Trinajstić information content (AvgIpc) is 3.47. The molecule has 7 heteroatoms. The fraction of sp³-hybridized carbons (Fsp3) is 0.864. The molecule has 0 aromatic rings. The molecular formula is C22H39N5O2. The van der Waals surface area contributed by atoms with Crippen LogP contribution >= 0.6 is 0 Å². The molecule has 1 atom stereocenters. The molecule has 3 fully saturated rings. The van der Waals surface area contributed by atoms with E-state index in [2.05, 4.69) is 17.6 Å². The van der Waals surface area contributed by atoms with Crippen LogP contribution in [0.15, 0.2) is 4.99 Å². The molecule has 2 N–H and O–H groups in total. The summed E-state index contributed by atoms with van der Waals surface area (Å²) in [5, 5.41) is 6.85. The van der Waals surface area contributed by atoms with Crippen LogP contribution in [0.4, 0.5) is 0 Å². The Morgan fingerprint density at radius 1 is 1.10 bits per heavy atom. The van der Waals surface area contributed by atoms with Crippen molar-refractivity contribution in [2.45, 2.75) is 70.8 Å². The first-order valence-electron chi connectivity index (χ1n) is 11.5. The van der Waals surface area contributed by atoms with Gasteiger partial charge in [-0.2, -0.15) is 0 Å². The second kappa shape index (κ2) is 9.81. The van der Waals surface area contributed by atoms with E-state index in [0.29, 0.717) is 12.5 Å². The van der Waals surface area contributed by atoms with Crippen LogP contribution in [0.2, 0.25) is 0 Å². The molecule has 1 saturated heterocycles. The van der Waals surface area contributed by atoms with Gasteiger partial charge >= 0.3 is 0 Å². The van der Waals surface area contributed by atoms with Gasteiger partial charge in [0, 0.05) is 45.7 Å². The molecule has 1 heterocycles. The van der Waals surface area contributed by atoms with Crippen LogP contribution in [0.3, 0.4) is 0 Å². The summed E-state index contributed by atoms with van der Waals surface area (Å²) in [6, 6.07) is 0.224. The molecule has 2 saturated carbocycles. The number of aliphatic imine (C=N–C) groups is 1. The van der Waals surface area contributed by atoms with Crippen molar-refractivity contribution in [3.05, 3.63) is 0 Å². The maximum absolute atomic E-state index is 12.8. The smallest absolute Gasteiger partial charge is 0.230 e. The topological polar surface area (TPSA) is 77.0 Å². The third-order valence-electron chi connectivity index (χ3n) is 6.85. The van der Waals surface area contributed by atoms with Gasteiger partial charge < -0.3 is 20.4 Å². The summed E-state index contributed by atoms with van der Waals surface area (Å²) in [4.78, 5) is 34.1. The summed E-state index contributed by atoms with van der Waals surface area (Å²) in [7, 11) is 3.67. The van der Waals surface area contributed by atoms with Gasteiger partial charge in [-0.3, -0.25) is 14.6 Å². The molecule has 0 aromatic carbocycles. The molecule has 0 aromatic heterocycles. The Kier molecular flexibility index (Phi) is 7.41. The molecular weight excluding hydrogens is 366 g/mol. The molecule has 2 aliphatic carbocycles. The number of rotatable bonds is 6. The SMILES string of the molecule is CCNC(=NCC1(C(=O)N(C)C)CCCC1)NC1CCN(C(=O)C2CCCC2)C1. The van der Waals surface area contributed by atoms with E-state index in [9.17, 15) is 9.59 Å². The minimum absolute atomic E-state index is 0.198. The quantitative estimate of drug-likeness (QED) is 0.523. The molecule has 0 spiro atoms. The van der Waals surface area contributed by atoms with Crippen molar-refractivity contribution in [2.24, 2.45) is 16.3 Å². The van der Waals surface area contributed by atoms with Crippen LogP contribution < -0.4 is 10.6 Å². The van der Waals surface area contributed by atoms with Crippen molar-refractivity contribution in [1.29, 1.82) is 0 Å². The third kappa shape index (κ3) is 5.23. The summed E-state index contributed by atoms with van der Waals surface area (Å²) in [5.74, 6) is 1.56. The number of nitrogens with zero attached hydrogens (tertiary/aromatic N) is 3. The molecule has 1 aliphatic heterocycles. The van der Waals surface area contributed by atoms with Crippen molar-refractivity contribution < 1.29 is 9.59 Å². The number of hydrogen-bond acceptors (Lipinski definition) is 3. The predicted molar refractivity (Wildman–Crippen MR) is 116 cm³/mol. The molecule has 0 radical (unpaired) electrons. The lowest BCUT2D eigenvalue weighted by Crippen LogP contribution is -2.47. The van der Waals surface area contributed by atoms with E-state index in [0.717, 1.165) is 70.5 Å². The minimum atomic E-state index is -0.355. The number of amides is 2. The molecule has 3 rings (SSSR count). The van der Waals surface area contributed by atoms with Crippen LogP contribution in [0.5, 0.6) is 0 Å². The molecule has 3 aliphatic rings. The lowest BCUT2D eigenvalue weighted by molar-refractivity contribution is -0.138. The van der Waals surface area contributed by atoms with Gasteiger partial charge in [-0.05, 0) is 39.0 Å². The fourth-order valence-electron chi connectivity index (χ4n) is 5.22. The fourth-order valence-corrected chi connectivity index (χ4v) is 5.22. The average molecular weight is 406 g/mol. The largest absolute Gasteiger partial charge is 0.357 e. The van der Waals surface area contributed by atoms with Gasteiger partial charge in [0.2, 0.25) is 11.8 Å². The van der Waals surface area contributed by atoms with Gasteiger partial charge in [0.25, 0.3) is 0 Å². The summed E-state index contributed by atoms with van der Waals surface area (Å²) < 4.78 is 0. The Labute approximate surface area is 175 Å². The zero-order valence-electron chi connectivity index (χ0n) is 18.5. The van der Waals surface area contributed by atoms with Crippen LogP contribution in [0, 0.1) is 11.3 Å². The van der Waals surface area contributed by atoms with Gasteiger partial charge in [-0.15, -0.1) is 0 Å². The Morgan fingerprint density at radius 3 is 2.41 bits per heavy atom. The zero-order chi connectivity index (χ0) is 20.9. The van der Waals surface area contributed by atoms with Crippen LogP contribution in [-0.2, 0) is 9.59 Å². The van der Waals surface area contributed by atoms with Crippen molar-refractivity contribution in [2.75, 3.05) is 40.3 Å². The number of carbonyl (C=O) groups is 2. The van der Waals surface area contributed by atoms with E-state index in [-0.39, 0.29) is 23.3 Å². The van der Waals surface area contributed by atoms with Crippen LogP contribution in [-0.4, -0.2) is 73.9 Å². The maximum atomic E-state index is 12.8. The third-order valence-corrected chi connectivity index (χ3v) is 6.85. The molecule has 7 nitrogen and oxygen atoms in total. The van der Waals surface area contributed by atoms with Gasteiger partial charge in [-0.1, -0.05) is 25.7 Å². The zero-order valence-corrected chi connectivity index (χ0v) is 18.5. The van der Waals surface area contributed by atoms with E-state index in [1.54, 1.807) is 4.90 Å². The van der Waals surface area contributed by atoms with E-state index >= 15 is 0 Å². The summed E-state index contributed by atoms with van der Waals surface area (Å²) in [6.07, 6.45) is 9.47. The van der Waals surface area contributed by atoms with Gasteiger partial charge in [0.05, 0.1) is 12.0 Å². The van der Waals surface area contributed by atoms with E-state index in [1.807, 2.05) is 19.0 Å². The van der Waals surface area contributed by atoms with E-state index in [4.69, 9.17) is 4.99 Å². The lowest BCUT2D eigenvalue weighted by Gasteiger charge is -2.29. The number of likely N-dealkylation sites (tertiary alicyclic amines) is 1. The van der Waals surface area contributed by atoms with Crippen molar-refractivity contribution in [1.82, 2.24) is 20.4 Å². The first-order chi connectivity index (χ1) is 13.9. The highest BCUT2D eigenvalue weighted by Crippen LogP contribution is 2.39. The van der Waals surface area contributed by atoms with Gasteiger partial charge in [0.1, 0.15) is 0 Å². The Bertz CT molecular complexity index is 606. The van der Waals surface area contributed by atoms with Crippen molar-refractivity contribution in [3.63, 3.8) is 0 Å². The highest BCUT2D eigenvalue weighted by atomic mass is 16.2. The standard InChI is InChI=1S/C22H39N5O2/c1-4-23-21(24-16-22(12-7-8-13-22)20(29)26(2)3)25-18-11-14-27(15-18)19(28)17-9-5-6-10-17/h17-18H,4-16H2,1-3H3,(H2,23,24,25). The Balaban J connectivity index is 1.59. The Hall–Kier alpha value is -1.79. The monoisotopic (exact) mass is 405 g/mol. The molecule has 1 unspecified atom stereocenters. The maximum Gasteiger partial charge on any atom is 0.230 e. The summed E-state index contributed by atoms with van der Waals surface area (Å²) in [6.45, 7) is 4.93. The highest BCUT2D eigenvalue weighted by Gasteiger charge is 2.42. The number of guanidine groups is 1. The molecule has 164 valence electrons. The number of carbonyl (C=O) groups excluding carboxylic acids is 2. The number of hydrogen-bond donors (Lipinski definition) is 2. The highest BCUT2D eigenvalue weighted by molar-refractivity contribution is 5.84. The number of nitrogens with one attached hydrogen (secondary N) is 2. The molecule has 2 amide bonds. The molecule has 29 heavy (non-hydrogen) atoms. The Morgan fingerprint density at radius 2 is 1.79 bits per heavy atom. The first-order valence-corrected chi connectivity index (χ1v) is 11.5. The second-order valence-corrected chi connectivity index (χ2v) is 9.28. The predicted octanol–water partition coefficient (Wildman–Crippen LogP) is 1.98. The van der Waals surface area contributed by atoms with Gasteiger partial charge in [0.15, 0.2) is 5.96 Å².